The number of carbonyl (C=O) groups excluding carboxylic acids is 2. The Morgan fingerprint density at radius 3 is 1.77 bits per heavy atom. The summed E-state index contributed by atoms with van der Waals surface area (Å²) in [4.78, 5) is 28.2. The number of carbonyl (C=O) groups is 2. The number of nitrogens with zero attached hydrogens (tertiary/aromatic N) is 1. The normalized spacial score (nSPS) is 13.9. The third-order valence-electron chi connectivity index (χ3n) is 5.10. The summed E-state index contributed by atoms with van der Waals surface area (Å²) in [6, 6.07) is 21.1. The zero-order valence-corrected chi connectivity index (χ0v) is 17.6. The molecule has 1 heterocycles. The second-order valence-corrected chi connectivity index (χ2v) is 7.91. The predicted octanol–water partition coefficient (Wildman–Crippen LogP) is 5.32. The number of aryl methyl sites for hydroxylation is 4. The van der Waals surface area contributed by atoms with Crippen molar-refractivity contribution in [2.24, 2.45) is 0 Å². The van der Waals surface area contributed by atoms with Crippen molar-refractivity contribution in [2.45, 2.75) is 27.7 Å². The van der Waals surface area contributed by atoms with Crippen LogP contribution in [0.25, 0.3) is 5.57 Å². The molecule has 4 nitrogen and oxygen atoms in total. The molecule has 0 atom stereocenters. The fourth-order valence-corrected chi connectivity index (χ4v) is 4.02. The van der Waals surface area contributed by atoms with Crippen molar-refractivity contribution < 1.29 is 9.59 Å². The summed E-state index contributed by atoms with van der Waals surface area (Å²) in [7, 11) is 0. The van der Waals surface area contributed by atoms with E-state index in [2.05, 4.69) is 11.4 Å². The van der Waals surface area contributed by atoms with Crippen molar-refractivity contribution in [3.63, 3.8) is 0 Å². The molecule has 1 aliphatic heterocycles. The molecule has 0 bridgehead atoms. The number of rotatable bonds is 4. The van der Waals surface area contributed by atoms with E-state index in [-0.39, 0.29) is 11.8 Å². The lowest BCUT2D eigenvalue weighted by atomic mass is 10.0. The van der Waals surface area contributed by atoms with Gasteiger partial charge in [-0.1, -0.05) is 42.5 Å². The van der Waals surface area contributed by atoms with Crippen molar-refractivity contribution in [2.75, 3.05) is 10.2 Å². The van der Waals surface area contributed by atoms with Gasteiger partial charge in [0.15, 0.2) is 0 Å². The van der Waals surface area contributed by atoms with Crippen molar-refractivity contribution in [1.82, 2.24) is 0 Å². The zero-order chi connectivity index (χ0) is 21.4. The highest BCUT2D eigenvalue weighted by Gasteiger charge is 2.40. The van der Waals surface area contributed by atoms with Gasteiger partial charge in [0.25, 0.3) is 11.8 Å². The largest absolute Gasteiger partial charge is 0.350 e. The van der Waals surface area contributed by atoms with Gasteiger partial charge >= 0.3 is 0 Å². The first-order chi connectivity index (χ1) is 14.3. The van der Waals surface area contributed by atoms with Crippen molar-refractivity contribution in [3.8, 4) is 0 Å². The summed E-state index contributed by atoms with van der Waals surface area (Å²) in [5.74, 6) is -0.661. The first kappa shape index (κ1) is 19.6. The average molecular weight is 396 g/mol. The number of benzene rings is 3. The Kier molecular flexibility index (Phi) is 5.00. The lowest BCUT2D eigenvalue weighted by molar-refractivity contribution is -0.120. The molecular weight excluding hydrogens is 372 g/mol. The van der Waals surface area contributed by atoms with Gasteiger partial charge in [0, 0.05) is 5.69 Å². The van der Waals surface area contributed by atoms with E-state index in [9.17, 15) is 9.59 Å². The summed E-state index contributed by atoms with van der Waals surface area (Å²) < 4.78 is 0. The van der Waals surface area contributed by atoms with Crippen LogP contribution in [0.2, 0.25) is 0 Å². The molecule has 3 aromatic carbocycles. The number of hydrogen-bond donors (Lipinski definition) is 1. The molecule has 0 aliphatic carbocycles. The maximum absolute atomic E-state index is 13.5. The van der Waals surface area contributed by atoms with Gasteiger partial charge in [0.2, 0.25) is 0 Å². The molecule has 1 aliphatic rings. The quantitative estimate of drug-likeness (QED) is 0.608. The van der Waals surface area contributed by atoms with Gasteiger partial charge in [-0.2, -0.15) is 0 Å². The average Bonchev–Trinajstić information content (AvgIpc) is 2.90. The molecule has 0 spiro atoms. The number of hydrogen-bond acceptors (Lipinski definition) is 3. The third-order valence-corrected chi connectivity index (χ3v) is 5.10. The second kappa shape index (κ2) is 7.64. The Morgan fingerprint density at radius 1 is 0.667 bits per heavy atom. The second-order valence-electron chi connectivity index (χ2n) is 7.91. The first-order valence-corrected chi connectivity index (χ1v) is 9.95. The molecule has 0 saturated heterocycles. The lowest BCUT2D eigenvalue weighted by Crippen LogP contribution is -2.32. The number of imide groups is 1. The first-order valence-electron chi connectivity index (χ1n) is 9.95. The van der Waals surface area contributed by atoms with E-state index in [0.29, 0.717) is 17.0 Å². The van der Waals surface area contributed by atoms with Crippen molar-refractivity contribution >= 4 is 28.8 Å². The summed E-state index contributed by atoms with van der Waals surface area (Å²) in [5.41, 5.74) is 6.96. The smallest absolute Gasteiger partial charge is 0.282 e. The number of nitrogens with one attached hydrogen (secondary N) is 1. The Bertz CT molecular complexity index is 1150. The Hall–Kier alpha value is -3.66. The Labute approximate surface area is 176 Å². The maximum Gasteiger partial charge on any atom is 0.282 e. The highest BCUT2D eigenvalue weighted by molar-refractivity contribution is 6.46. The molecule has 4 rings (SSSR count). The molecule has 0 saturated carbocycles. The minimum Gasteiger partial charge on any atom is -0.350 e. The molecule has 0 radical (unpaired) electrons. The van der Waals surface area contributed by atoms with E-state index in [1.165, 1.54) is 4.90 Å². The van der Waals surface area contributed by atoms with E-state index in [1.54, 1.807) is 0 Å². The van der Waals surface area contributed by atoms with E-state index in [0.717, 1.165) is 33.5 Å². The summed E-state index contributed by atoms with van der Waals surface area (Å²) >= 11 is 0. The van der Waals surface area contributed by atoms with Crippen LogP contribution < -0.4 is 10.2 Å². The van der Waals surface area contributed by atoms with E-state index >= 15 is 0 Å². The molecule has 30 heavy (non-hydrogen) atoms. The van der Waals surface area contributed by atoms with E-state index in [1.807, 2.05) is 88.4 Å². The van der Waals surface area contributed by atoms with Crippen LogP contribution in [-0.4, -0.2) is 11.8 Å². The van der Waals surface area contributed by atoms with Crippen molar-refractivity contribution in [1.29, 1.82) is 0 Å². The van der Waals surface area contributed by atoms with Crippen LogP contribution >= 0.6 is 0 Å². The highest BCUT2D eigenvalue weighted by Crippen LogP contribution is 2.34. The SMILES string of the molecule is Cc1cc(C)cc(NC2=C(c3ccccc3)C(=O)N(c3cc(C)cc(C)c3)C2=O)c1. The van der Waals surface area contributed by atoms with E-state index in [4.69, 9.17) is 0 Å². The molecule has 0 unspecified atom stereocenters. The zero-order valence-electron chi connectivity index (χ0n) is 17.6. The molecular formula is C26H24N2O2. The minimum atomic E-state index is -0.344. The van der Waals surface area contributed by atoms with Crippen LogP contribution in [0.15, 0.2) is 72.4 Å². The summed E-state index contributed by atoms with van der Waals surface area (Å²) in [6.07, 6.45) is 0. The molecule has 150 valence electrons. The Balaban J connectivity index is 1.84. The van der Waals surface area contributed by atoms with Gasteiger partial charge in [-0.05, 0) is 79.8 Å². The monoisotopic (exact) mass is 396 g/mol. The summed E-state index contributed by atoms with van der Waals surface area (Å²) in [6.45, 7) is 7.94. The molecule has 2 amide bonds. The molecule has 1 N–H and O–H groups in total. The number of amides is 2. The van der Waals surface area contributed by atoms with Crippen LogP contribution in [0.5, 0.6) is 0 Å². The van der Waals surface area contributed by atoms with Gasteiger partial charge in [0.05, 0.1) is 11.3 Å². The van der Waals surface area contributed by atoms with Crippen LogP contribution in [0.4, 0.5) is 11.4 Å². The minimum absolute atomic E-state index is 0.301. The lowest BCUT2D eigenvalue weighted by Gasteiger charge is -2.17. The van der Waals surface area contributed by atoms with Gasteiger partial charge in [-0.3, -0.25) is 9.59 Å². The van der Waals surface area contributed by atoms with Crippen LogP contribution in [0, 0.1) is 27.7 Å². The fourth-order valence-electron chi connectivity index (χ4n) is 4.02. The van der Waals surface area contributed by atoms with Crippen LogP contribution in [-0.2, 0) is 9.59 Å². The fraction of sp³-hybridized carbons (Fsp3) is 0.154. The van der Waals surface area contributed by atoms with Crippen molar-refractivity contribution in [3.05, 3.63) is 100 Å². The molecule has 0 aromatic heterocycles. The Morgan fingerprint density at radius 2 is 1.20 bits per heavy atom. The topological polar surface area (TPSA) is 49.4 Å². The highest BCUT2D eigenvalue weighted by atomic mass is 16.2. The standard InChI is InChI=1S/C26H24N2O2/c1-16-10-17(2)13-21(12-16)27-24-23(20-8-6-5-7-9-20)25(29)28(26(24)30)22-14-18(3)11-19(4)15-22/h5-15,27H,1-4H3. The van der Waals surface area contributed by atoms with Gasteiger partial charge < -0.3 is 5.32 Å². The molecule has 4 heteroatoms. The van der Waals surface area contributed by atoms with Crippen LogP contribution in [0.3, 0.4) is 0 Å². The van der Waals surface area contributed by atoms with Gasteiger partial charge in [-0.15, -0.1) is 0 Å². The van der Waals surface area contributed by atoms with Gasteiger partial charge in [-0.25, -0.2) is 4.90 Å². The van der Waals surface area contributed by atoms with Gasteiger partial charge in [0.1, 0.15) is 5.70 Å². The molecule has 0 fully saturated rings. The molecule has 3 aromatic rings. The predicted molar refractivity (Wildman–Crippen MR) is 121 cm³/mol. The van der Waals surface area contributed by atoms with Crippen LogP contribution in [0.1, 0.15) is 27.8 Å². The van der Waals surface area contributed by atoms with E-state index < -0.39 is 0 Å². The summed E-state index contributed by atoms with van der Waals surface area (Å²) in [5, 5.41) is 3.25. The number of anilines is 2. The third kappa shape index (κ3) is 3.64. The maximum atomic E-state index is 13.5.